The highest BCUT2D eigenvalue weighted by atomic mass is 19.1. The monoisotopic (exact) mass is 513 g/mol. The first-order valence-electron chi connectivity index (χ1n) is 12.2. The first kappa shape index (κ1) is 25.0. The minimum Gasteiger partial charge on any atom is -0.449 e. The molecule has 2 aliphatic rings. The Morgan fingerprint density at radius 2 is 1.43 bits per heavy atom. The van der Waals surface area contributed by atoms with Crippen LogP contribution in [0, 0.1) is 11.6 Å². The Balaban J connectivity index is 1.64. The molecule has 0 radical (unpaired) electrons. The van der Waals surface area contributed by atoms with Gasteiger partial charge in [0.05, 0.1) is 28.5 Å². The van der Waals surface area contributed by atoms with Crippen molar-refractivity contribution in [2.24, 2.45) is 0 Å². The third-order valence-corrected chi connectivity index (χ3v) is 7.14. The van der Waals surface area contributed by atoms with Gasteiger partial charge in [-0.1, -0.05) is 0 Å². The van der Waals surface area contributed by atoms with Crippen LogP contribution in [0.15, 0.2) is 41.3 Å². The standard InChI is InChI=1S/C26H29F2N5O4/c1-29-5-9-31(10-6-29)17-3-4-21(19(27)13-17)33-16-24(37-26(35)36)25(34)18-14-20(28)23(15-22(18)33)32-11-7-30(2)8-12-32/h3-4,13-16H,5-12H2,1-2H3,(H,35,36). The van der Waals surface area contributed by atoms with Gasteiger partial charge in [0, 0.05) is 58.0 Å². The fourth-order valence-corrected chi connectivity index (χ4v) is 4.92. The minimum absolute atomic E-state index is 0.0917. The zero-order valence-electron chi connectivity index (χ0n) is 20.8. The fourth-order valence-electron chi connectivity index (χ4n) is 4.92. The molecule has 5 rings (SSSR count). The maximum atomic E-state index is 15.6. The Hall–Kier alpha value is -3.70. The molecule has 9 nitrogen and oxygen atoms in total. The molecule has 1 N–H and O–H groups in total. The predicted octanol–water partition coefficient (Wildman–Crippen LogP) is 2.83. The van der Waals surface area contributed by atoms with Crippen LogP contribution in [-0.4, -0.2) is 92.1 Å². The van der Waals surface area contributed by atoms with Crippen molar-refractivity contribution >= 4 is 28.4 Å². The van der Waals surface area contributed by atoms with Crippen molar-refractivity contribution in [3.8, 4) is 11.4 Å². The number of likely N-dealkylation sites (N-methyl/N-ethyl adjacent to an activating group) is 2. The first-order valence-corrected chi connectivity index (χ1v) is 12.2. The second kappa shape index (κ2) is 9.98. The summed E-state index contributed by atoms with van der Waals surface area (Å²) >= 11 is 0. The van der Waals surface area contributed by atoms with Crippen molar-refractivity contribution in [3.05, 3.63) is 58.4 Å². The number of carbonyl (C=O) groups is 1. The lowest BCUT2D eigenvalue weighted by molar-refractivity contribution is 0.144. The van der Waals surface area contributed by atoms with Gasteiger partial charge in [0.25, 0.3) is 0 Å². The number of carboxylic acid groups (broad SMARTS) is 1. The number of pyridine rings is 1. The largest absolute Gasteiger partial charge is 0.511 e. The highest BCUT2D eigenvalue weighted by molar-refractivity contribution is 5.86. The number of fused-ring (bicyclic) bond motifs is 1. The van der Waals surface area contributed by atoms with Crippen LogP contribution in [0.4, 0.5) is 25.0 Å². The molecule has 0 bridgehead atoms. The van der Waals surface area contributed by atoms with Gasteiger partial charge < -0.3 is 34.0 Å². The number of halogens is 2. The van der Waals surface area contributed by atoms with Gasteiger partial charge in [-0.05, 0) is 44.4 Å². The van der Waals surface area contributed by atoms with Gasteiger partial charge >= 0.3 is 6.16 Å². The molecule has 11 heteroatoms. The Morgan fingerprint density at radius 3 is 2.03 bits per heavy atom. The summed E-state index contributed by atoms with van der Waals surface area (Å²) < 4.78 is 36.9. The van der Waals surface area contributed by atoms with E-state index in [1.54, 1.807) is 12.1 Å². The van der Waals surface area contributed by atoms with Crippen LogP contribution >= 0.6 is 0 Å². The van der Waals surface area contributed by atoms with Gasteiger partial charge in [-0.25, -0.2) is 13.6 Å². The van der Waals surface area contributed by atoms with E-state index in [4.69, 9.17) is 9.84 Å². The van der Waals surface area contributed by atoms with E-state index >= 15 is 8.78 Å². The van der Waals surface area contributed by atoms with Gasteiger partial charge in [-0.15, -0.1) is 0 Å². The SMILES string of the molecule is CN1CCN(c2ccc(-n3cc(OC(=O)O)c(=O)c4cc(F)c(N5CCN(C)CC5)cc43)c(F)c2)CC1. The van der Waals surface area contributed by atoms with Crippen LogP contribution < -0.4 is 20.0 Å². The molecule has 0 amide bonds. The number of benzene rings is 2. The third kappa shape index (κ3) is 4.96. The molecule has 37 heavy (non-hydrogen) atoms. The van der Waals surface area contributed by atoms with E-state index in [1.807, 2.05) is 19.0 Å². The summed E-state index contributed by atoms with van der Waals surface area (Å²) in [5, 5.41) is 9.03. The molecular formula is C26H29F2N5O4. The zero-order valence-corrected chi connectivity index (χ0v) is 20.8. The molecule has 1 aromatic heterocycles. The Bertz CT molecular complexity index is 1400. The van der Waals surface area contributed by atoms with Crippen LogP contribution in [0.3, 0.4) is 0 Å². The highest BCUT2D eigenvalue weighted by Crippen LogP contribution is 2.31. The molecule has 3 aromatic rings. The van der Waals surface area contributed by atoms with Gasteiger partial charge in [0.2, 0.25) is 5.43 Å². The molecule has 2 fully saturated rings. The van der Waals surface area contributed by atoms with Crippen LogP contribution in [0.1, 0.15) is 0 Å². The average molecular weight is 514 g/mol. The second-order valence-electron chi connectivity index (χ2n) is 9.60. The van der Waals surface area contributed by atoms with Crippen LogP contribution in [0.5, 0.6) is 5.75 Å². The molecule has 0 unspecified atom stereocenters. The molecule has 196 valence electrons. The fraction of sp³-hybridized carbons (Fsp3) is 0.385. The summed E-state index contributed by atoms with van der Waals surface area (Å²) in [7, 11) is 4.03. The van der Waals surface area contributed by atoms with Gasteiger partial charge in [-0.3, -0.25) is 4.79 Å². The summed E-state index contributed by atoms with van der Waals surface area (Å²) in [5.41, 5.74) is 0.589. The van der Waals surface area contributed by atoms with E-state index in [2.05, 4.69) is 14.7 Å². The highest BCUT2D eigenvalue weighted by Gasteiger charge is 2.23. The number of nitrogens with zero attached hydrogens (tertiary/aromatic N) is 5. The van der Waals surface area contributed by atoms with Gasteiger partial charge in [0.1, 0.15) is 11.6 Å². The van der Waals surface area contributed by atoms with E-state index in [0.29, 0.717) is 18.8 Å². The molecule has 0 aliphatic carbocycles. The summed E-state index contributed by atoms with van der Waals surface area (Å²) in [4.78, 5) is 32.6. The number of hydrogen-bond acceptors (Lipinski definition) is 7. The Morgan fingerprint density at radius 1 is 0.838 bits per heavy atom. The lowest BCUT2D eigenvalue weighted by atomic mass is 10.1. The molecule has 2 aromatic carbocycles. The first-order chi connectivity index (χ1) is 17.7. The molecular weight excluding hydrogens is 484 g/mol. The van der Waals surface area contributed by atoms with E-state index in [0.717, 1.165) is 57.2 Å². The molecule has 0 spiro atoms. The number of rotatable bonds is 4. The lowest BCUT2D eigenvalue weighted by Gasteiger charge is -2.34. The van der Waals surface area contributed by atoms with E-state index in [9.17, 15) is 9.59 Å². The number of aromatic nitrogens is 1. The second-order valence-corrected chi connectivity index (χ2v) is 9.60. The number of anilines is 2. The summed E-state index contributed by atoms with van der Waals surface area (Å²) in [6, 6.07) is 7.39. The van der Waals surface area contributed by atoms with Crippen LogP contribution in [0.2, 0.25) is 0 Å². The Kier molecular flexibility index (Phi) is 6.74. The van der Waals surface area contributed by atoms with Gasteiger partial charge in [0.15, 0.2) is 5.75 Å². The van der Waals surface area contributed by atoms with Gasteiger partial charge in [-0.2, -0.15) is 0 Å². The predicted molar refractivity (Wildman–Crippen MR) is 138 cm³/mol. The maximum absolute atomic E-state index is 15.6. The summed E-state index contributed by atoms with van der Waals surface area (Å²) in [6.07, 6.45) is -0.540. The van der Waals surface area contributed by atoms with Crippen LogP contribution in [-0.2, 0) is 0 Å². The van der Waals surface area contributed by atoms with Crippen LogP contribution in [0.25, 0.3) is 16.6 Å². The van der Waals surface area contributed by atoms with E-state index < -0.39 is 29.0 Å². The topological polar surface area (TPSA) is 81.5 Å². The number of piperazine rings is 2. The summed E-state index contributed by atoms with van der Waals surface area (Å²) in [6.45, 7) is 5.94. The zero-order chi connectivity index (χ0) is 26.3. The van der Waals surface area contributed by atoms with Crippen molar-refractivity contribution in [1.82, 2.24) is 14.4 Å². The smallest absolute Gasteiger partial charge is 0.449 e. The number of hydrogen-bond donors (Lipinski definition) is 1. The third-order valence-electron chi connectivity index (χ3n) is 7.14. The van der Waals surface area contributed by atoms with E-state index in [1.165, 1.54) is 16.7 Å². The number of ether oxygens (including phenoxy) is 1. The molecule has 2 aliphatic heterocycles. The van der Waals surface area contributed by atoms with Crippen molar-refractivity contribution < 1.29 is 23.4 Å². The molecule has 2 saturated heterocycles. The van der Waals surface area contributed by atoms with Crippen molar-refractivity contribution in [2.45, 2.75) is 0 Å². The molecule has 3 heterocycles. The molecule has 0 atom stereocenters. The minimum atomic E-state index is -1.69. The lowest BCUT2D eigenvalue weighted by Crippen LogP contribution is -2.44. The summed E-state index contributed by atoms with van der Waals surface area (Å²) in [5.74, 6) is -1.71. The van der Waals surface area contributed by atoms with E-state index in [-0.39, 0.29) is 16.6 Å². The quantitative estimate of drug-likeness (QED) is 0.534. The van der Waals surface area contributed by atoms with Crippen molar-refractivity contribution in [1.29, 1.82) is 0 Å². The normalized spacial score (nSPS) is 17.4. The van der Waals surface area contributed by atoms with Crippen molar-refractivity contribution in [3.63, 3.8) is 0 Å². The Labute approximate surface area is 212 Å². The molecule has 0 saturated carbocycles. The average Bonchev–Trinajstić information content (AvgIpc) is 2.87. The maximum Gasteiger partial charge on any atom is 0.511 e. The van der Waals surface area contributed by atoms with Crippen molar-refractivity contribution in [2.75, 3.05) is 76.3 Å².